The zero-order valence-electron chi connectivity index (χ0n) is 9.13. The molecule has 0 aromatic heterocycles. The van der Waals surface area contributed by atoms with Crippen molar-refractivity contribution in [2.75, 3.05) is 6.54 Å². The third-order valence-corrected chi connectivity index (χ3v) is 2.03. The van der Waals surface area contributed by atoms with E-state index in [-0.39, 0.29) is 6.61 Å². The lowest BCUT2D eigenvalue weighted by Gasteiger charge is -1.89. The van der Waals surface area contributed by atoms with Gasteiger partial charge in [0.15, 0.2) is 0 Å². The van der Waals surface area contributed by atoms with Gasteiger partial charge in [-0.15, -0.1) is 0 Å². The maximum atomic E-state index is 8.54. The topological polar surface area (TPSA) is 46.2 Å². The summed E-state index contributed by atoms with van der Waals surface area (Å²) in [7, 11) is 0. The minimum Gasteiger partial charge on any atom is -0.392 e. The molecule has 0 saturated heterocycles. The van der Waals surface area contributed by atoms with Gasteiger partial charge in [-0.05, 0) is 5.56 Å². The van der Waals surface area contributed by atoms with Gasteiger partial charge >= 0.3 is 0 Å². The molecule has 2 nitrogen and oxygen atoms in total. The molecule has 1 aliphatic rings. The Kier molecular flexibility index (Phi) is 5.82. The van der Waals surface area contributed by atoms with Crippen molar-refractivity contribution >= 4 is 0 Å². The molecule has 0 unspecified atom stereocenters. The van der Waals surface area contributed by atoms with Crippen LogP contribution in [-0.2, 0) is 6.61 Å². The van der Waals surface area contributed by atoms with Gasteiger partial charge in [-0.2, -0.15) is 0 Å². The van der Waals surface area contributed by atoms with E-state index >= 15 is 0 Å². The third kappa shape index (κ3) is 4.67. The lowest BCUT2D eigenvalue weighted by molar-refractivity contribution is 0.282. The van der Waals surface area contributed by atoms with Gasteiger partial charge < -0.3 is 10.8 Å². The second-order valence-corrected chi connectivity index (χ2v) is 3.26. The summed E-state index contributed by atoms with van der Waals surface area (Å²) < 4.78 is 0. The number of hydrogen-bond acceptors (Lipinski definition) is 2. The Hall–Kier alpha value is -1.73. The molecule has 0 saturated carbocycles. The summed E-state index contributed by atoms with van der Waals surface area (Å²) in [5.74, 6) is 0. The van der Waals surface area contributed by atoms with E-state index in [0.717, 1.165) is 11.1 Å². The Morgan fingerprint density at radius 1 is 1.19 bits per heavy atom. The predicted molar refractivity (Wildman–Crippen MR) is 66.5 cm³/mol. The van der Waals surface area contributed by atoms with Crippen LogP contribution in [-0.4, -0.2) is 11.7 Å². The molecule has 0 radical (unpaired) electrons. The van der Waals surface area contributed by atoms with Gasteiger partial charge in [0, 0.05) is 12.2 Å². The fourth-order valence-electron chi connectivity index (χ4n) is 1.14. The first-order valence-corrected chi connectivity index (χ1v) is 5.16. The Labute approximate surface area is 96.4 Å². The van der Waals surface area contributed by atoms with Gasteiger partial charge in [0.1, 0.15) is 12.2 Å². The van der Waals surface area contributed by atoms with E-state index in [0.29, 0.717) is 6.54 Å². The number of aliphatic hydroxyl groups is 1. The number of nitrogens with two attached hydrogens (primary N) is 1. The number of aliphatic hydroxyl groups excluding tert-OH is 1. The number of rotatable bonds is 2. The van der Waals surface area contributed by atoms with Crippen molar-refractivity contribution in [2.45, 2.75) is 6.61 Å². The molecule has 1 aromatic carbocycles. The van der Waals surface area contributed by atoms with Crippen molar-refractivity contribution < 1.29 is 5.11 Å². The Morgan fingerprint density at radius 3 is 2.31 bits per heavy atom. The molecule has 3 N–H and O–H groups in total. The number of allylic oxidation sites excluding steroid dienone is 4. The van der Waals surface area contributed by atoms with Crippen LogP contribution >= 0.6 is 0 Å². The summed E-state index contributed by atoms with van der Waals surface area (Å²) in [6.45, 7) is 0.748. The van der Waals surface area contributed by atoms with Crippen LogP contribution in [0.15, 0.2) is 60.2 Å². The molecule has 0 spiro atoms. The van der Waals surface area contributed by atoms with Crippen molar-refractivity contribution in [1.82, 2.24) is 0 Å². The zero-order chi connectivity index (χ0) is 11.6. The van der Waals surface area contributed by atoms with Crippen molar-refractivity contribution in [3.8, 4) is 0 Å². The first kappa shape index (κ1) is 12.3. The molecular formula is C14H16NO+. The standard InChI is InChI=1S/C7H8N.C7H8O/c2*8-6-7-4-2-1-3-5-7/h1-2,4-5H,6,8H2;1-5,8H,6H2/q+1;. The largest absolute Gasteiger partial charge is 0.392 e. The second-order valence-electron chi connectivity index (χ2n) is 3.26. The van der Waals surface area contributed by atoms with Crippen molar-refractivity contribution in [3.63, 3.8) is 0 Å². The minimum atomic E-state index is 0.140. The monoisotopic (exact) mass is 214 g/mol. The molecule has 0 fully saturated rings. The zero-order valence-corrected chi connectivity index (χ0v) is 9.13. The van der Waals surface area contributed by atoms with Gasteiger partial charge in [0.25, 0.3) is 0 Å². The smallest absolute Gasteiger partial charge is 0.107 e. The summed E-state index contributed by atoms with van der Waals surface area (Å²) in [5.41, 5.74) is 7.43. The number of hydrogen-bond donors (Lipinski definition) is 2. The maximum absolute atomic E-state index is 8.54. The molecule has 1 aromatic rings. The summed E-state index contributed by atoms with van der Waals surface area (Å²) in [5, 5.41) is 8.54. The highest BCUT2D eigenvalue weighted by Gasteiger charge is 1.96. The van der Waals surface area contributed by atoms with E-state index in [4.69, 9.17) is 10.8 Å². The van der Waals surface area contributed by atoms with Crippen LogP contribution in [0.5, 0.6) is 0 Å². The van der Waals surface area contributed by atoms with Crippen LogP contribution in [0.1, 0.15) is 5.56 Å². The third-order valence-electron chi connectivity index (χ3n) is 2.03. The molecule has 0 bridgehead atoms. The first-order chi connectivity index (χ1) is 7.86. The van der Waals surface area contributed by atoms with Crippen LogP contribution in [0, 0.1) is 6.08 Å². The molecule has 1 aliphatic carbocycles. The van der Waals surface area contributed by atoms with Crippen LogP contribution in [0.2, 0.25) is 0 Å². The first-order valence-electron chi connectivity index (χ1n) is 5.16. The summed E-state index contributed by atoms with van der Waals surface area (Å²) >= 11 is 0. The van der Waals surface area contributed by atoms with Crippen LogP contribution in [0.3, 0.4) is 0 Å². The van der Waals surface area contributed by atoms with E-state index in [1.54, 1.807) is 0 Å². The predicted octanol–water partition coefficient (Wildman–Crippen LogP) is 1.98. The minimum absolute atomic E-state index is 0.140. The average molecular weight is 214 g/mol. The Morgan fingerprint density at radius 2 is 1.94 bits per heavy atom. The van der Waals surface area contributed by atoms with Gasteiger partial charge in [-0.1, -0.05) is 30.3 Å². The quantitative estimate of drug-likeness (QED) is 0.739. The lowest BCUT2D eigenvalue weighted by Crippen LogP contribution is -2.00. The highest BCUT2D eigenvalue weighted by molar-refractivity contribution is 5.29. The molecule has 2 rings (SSSR count). The highest BCUT2D eigenvalue weighted by Crippen LogP contribution is 1.99. The maximum Gasteiger partial charge on any atom is 0.107 e. The molecule has 0 aliphatic heterocycles. The van der Waals surface area contributed by atoms with Crippen LogP contribution in [0.4, 0.5) is 0 Å². The van der Waals surface area contributed by atoms with E-state index in [1.807, 2.05) is 54.6 Å². The molecular weight excluding hydrogens is 198 g/mol. The SMILES string of the molecule is NCC1=CC=C[C+]=C1.OCc1ccccc1. The van der Waals surface area contributed by atoms with Crippen LogP contribution in [0.25, 0.3) is 0 Å². The fraction of sp³-hybridized carbons (Fsp3) is 0.143. The van der Waals surface area contributed by atoms with Gasteiger partial charge in [0.2, 0.25) is 0 Å². The Balaban J connectivity index is 0.000000160. The van der Waals surface area contributed by atoms with E-state index in [1.165, 1.54) is 0 Å². The average Bonchev–Trinajstić information content (AvgIpc) is 2.41. The molecule has 0 heterocycles. The van der Waals surface area contributed by atoms with Crippen molar-refractivity contribution in [3.05, 3.63) is 71.8 Å². The highest BCUT2D eigenvalue weighted by atomic mass is 16.3. The Bertz CT molecular complexity index is 377. The fourth-order valence-corrected chi connectivity index (χ4v) is 1.14. The number of benzene rings is 1. The summed E-state index contributed by atoms with van der Waals surface area (Å²) in [4.78, 5) is 0. The van der Waals surface area contributed by atoms with Gasteiger partial charge in [-0.25, -0.2) is 0 Å². The van der Waals surface area contributed by atoms with Crippen molar-refractivity contribution in [1.29, 1.82) is 0 Å². The van der Waals surface area contributed by atoms with E-state index < -0.39 is 0 Å². The molecule has 0 amide bonds. The molecule has 16 heavy (non-hydrogen) atoms. The summed E-state index contributed by atoms with van der Waals surface area (Å²) in [6.07, 6.45) is 10.6. The van der Waals surface area contributed by atoms with Gasteiger partial charge in [0.05, 0.1) is 24.8 Å². The molecule has 82 valence electrons. The van der Waals surface area contributed by atoms with E-state index in [9.17, 15) is 0 Å². The second kappa shape index (κ2) is 7.55. The van der Waals surface area contributed by atoms with Crippen molar-refractivity contribution in [2.24, 2.45) is 5.73 Å². The van der Waals surface area contributed by atoms with Crippen LogP contribution < -0.4 is 5.73 Å². The molecule has 2 heteroatoms. The van der Waals surface area contributed by atoms with Gasteiger partial charge in [-0.3, -0.25) is 0 Å². The molecule has 0 atom stereocenters. The lowest BCUT2D eigenvalue weighted by atomic mass is 10.2. The van der Waals surface area contributed by atoms with E-state index in [2.05, 4.69) is 6.08 Å². The summed E-state index contributed by atoms with van der Waals surface area (Å²) in [6, 6.07) is 9.52. The normalized spacial score (nSPS) is 12.2.